The summed E-state index contributed by atoms with van der Waals surface area (Å²) >= 11 is 0. The molecular formula is C19H18N4O3. The molecule has 1 aliphatic rings. The predicted octanol–water partition coefficient (Wildman–Crippen LogP) is 2.17. The van der Waals surface area contributed by atoms with E-state index < -0.39 is 12.0 Å². The SMILES string of the molecule is O=C(O)[C@@H]1CCCN1C(=O)c1cnc2c(cnn2Cc2ccccc2)c1. The van der Waals surface area contributed by atoms with Gasteiger partial charge >= 0.3 is 5.97 Å². The Balaban J connectivity index is 1.60. The number of carboxylic acids is 1. The Morgan fingerprint density at radius 3 is 2.77 bits per heavy atom. The number of aromatic nitrogens is 3. The number of aliphatic carboxylic acids is 1. The Labute approximate surface area is 149 Å². The van der Waals surface area contributed by atoms with Crippen molar-refractivity contribution in [2.45, 2.75) is 25.4 Å². The lowest BCUT2D eigenvalue weighted by atomic mass is 10.2. The number of rotatable bonds is 4. The van der Waals surface area contributed by atoms with E-state index in [-0.39, 0.29) is 5.91 Å². The predicted molar refractivity (Wildman–Crippen MR) is 94.8 cm³/mol. The van der Waals surface area contributed by atoms with Crippen LogP contribution >= 0.6 is 0 Å². The molecule has 26 heavy (non-hydrogen) atoms. The number of pyridine rings is 1. The average molecular weight is 350 g/mol. The molecule has 1 aromatic carbocycles. The minimum atomic E-state index is -0.958. The standard InChI is InChI=1S/C19H18N4O3/c24-18(22-8-4-7-16(22)19(25)26)15-9-14-11-21-23(17(14)20-10-15)12-13-5-2-1-3-6-13/h1-3,5-6,9-11,16H,4,7-8,12H2,(H,25,26)/t16-/m0/s1. The summed E-state index contributed by atoms with van der Waals surface area (Å²) in [6.45, 7) is 1.05. The number of benzene rings is 1. The second-order valence-electron chi connectivity index (χ2n) is 6.42. The third-order valence-corrected chi connectivity index (χ3v) is 4.70. The van der Waals surface area contributed by atoms with Crippen LogP contribution < -0.4 is 0 Å². The average Bonchev–Trinajstić information content (AvgIpc) is 3.29. The van der Waals surface area contributed by atoms with E-state index in [1.165, 1.54) is 11.1 Å². The van der Waals surface area contributed by atoms with E-state index in [0.29, 0.717) is 37.1 Å². The van der Waals surface area contributed by atoms with Gasteiger partial charge in [-0.05, 0) is 24.5 Å². The van der Waals surface area contributed by atoms with E-state index in [9.17, 15) is 14.7 Å². The zero-order valence-corrected chi connectivity index (χ0v) is 14.1. The lowest BCUT2D eigenvalue weighted by Gasteiger charge is -2.21. The first kappa shape index (κ1) is 16.3. The molecule has 1 saturated heterocycles. The first-order valence-electron chi connectivity index (χ1n) is 8.53. The normalized spacial score (nSPS) is 16.9. The number of likely N-dealkylation sites (tertiary alicyclic amines) is 1. The minimum absolute atomic E-state index is 0.292. The molecule has 0 radical (unpaired) electrons. The van der Waals surface area contributed by atoms with Crippen LogP contribution in [0.25, 0.3) is 11.0 Å². The Bertz CT molecular complexity index is 967. The second-order valence-corrected chi connectivity index (χ2v) is 6.42. The van der Waals surface area contributed by atoms with Gasteiger partial charge in [-0.2, -0.15) is 5.10 Å². The monoisotopic (exact) mass is 350 g/mol. The van der Waals surface area contributed by atoms with Crippen LogP contribution in [0.2, 0.25) is 0 Å². The van der Waals surface area contributed by atoms with Gasteiger partial charge < -0.3 is 10.0 Å². The molecule has 1 N–H and O–H groups in total. The van der Waals surface area contributed by atoms with Crippen LogP contribution in [0.3, 0.4) is 0 Å². The van der Waals surface area contributed by atoms with E-state index in [4.69, 9.17) is 0 Å². The second kappa shape index (κ2) is 6.59. The van der Waals surface area contributed by atoms with Gasteiger partial charge in [0.1, 0.15) is 6.04 Å². The first-order valence-corrected chi connectivity index (χ1v) is 8.53. The molecule has 7 nitrogen and oxygen atoms in total. The van der Waals surface area contributed by atoms with Gasteiger partial charge in [0, 0.05) is 18.1 Å². The maximum atomic E-state index is 12.7. The van der Waals surface area contributed by atoms with Crippen molar-refractivity contribution in [2.75, 3.05) is 6.54 Å². The van der Waals surface area contributed by atoms with Crippen molar-refractivity contribution < 1.29 is 14.7 Å². The number of carbonyl (C=O) groups is 2. The van der Waals surface area contributed by atoms with Crippen molar-refractivity contribution in [3.05, 3.63) is 59.9 Å². The van der Waals surface area contributed by atoms with E-state index in [0.717, 1.165) is 10.9 Å². The zero-order chi connectivity index (χ0) is 18.1. The highest BCUT2D eigenvalue weighted by atomic mass is 16.4. The van der Waals surface area contributed by atoms with Crippen LogP contribution in [0.5, 0.6) is 0 Å². The highest BCUT2D eigenvalue weighted by Gasteiger charge is 2.34. The quantitative estimate of drug-likeness (QED) is 0.779. The number of nitrogens with zero attached hydrogens (tertiary/aromatic N) is 4. The summed E-state index contributed by atoms with van der Waals surface area (Å²) in [5.41, 5.74) is 2.20. The minimum Gasteiger partial charge on any atom is -0.480 e. The molecule has 2 aromatic heterocycles. The fourth-order valence-electron chi connectivity index (χ4n) is 3.39. The lowest BCUT2D eigenvalue weighted by molar-refractivity contribution is -0.141. The van der Waals surface area contributed by atoms with Crippen molar-refractivity contribution in [3.8, 4) is 0 Å². The van der Waals surface area contributed by atoms with Crippen LogP contribution in [0.4, 0.5) is 0 Å². The van der Waals surface area contributed by atoms with E-state index >= 15 is 0 Å². The van der Waals surface area contributed by atoms with Gasteiger partial charge in [0.25, 0.3) is 5.91 Å². The molecule has 0 aliphatic carbocycles. The lowest BCUT2D eigenvalue weighted by Crippen LogP contribution is -2.40. The van der Waals surface area contributed by atoms with Crippen molar-refractivity contribution in [1.29, 1.82) is 0 Å². The van der Waals surface area contributed by atoms with E-state index in [1.807, 2.05) is 30.3 Å². The van der Waals surface area contributed by atoms with Gasteiger partial charge in [0.05, 0.1) is 18.3 Å². The van der Waals surface area contributed by atoms with Crippen molar-refractivity contribution in [1.82, 2.24) is 19.7 Å². The molecule has 7 heteroatoms. The fraction of sp³-hybridized carbons (Fsp3) is 0.263. The van der Waals surface area contributed by atoms with Gasteiger partial charge in [0.15, 0.2) is 5.65 Å². The Morgan fingerprint density at radius 1 is 1.19 bits per heavy atom. The van der Waals surface area contributed by atoms with Crippen LogP contribution in [0.15, 0.2) is 48.8 Å². The molecule has 1 amide bonds. The highest BCUT2D eigenvalue weighted by molar-refractivity contribution is 5.99. The molecule has 0 unspecified atom stereocenters. The molecule has 132 valence electrons. The Morgan fingerprint density at radius 2 is 2.00 bits per heavy atom. The highest BCUT2D eigenvalue weighted by Crippen LogP contribution is 2.22. The van der Waals surface area contributed by atoms with E-state index in [2.05, 4.69) is 10.1 Å². The van der Waals surface area contributed by atoms with Crippen LogP contribution in [-0.2, 0) is 11.3 Å². The van der Waals surface area contributed by atoms with Gasteiger partial charge in [-0.1, -0.05) is 30.3 Å². The zero-order valence-electron chi connectivity index (χ0n) is 14.1. The Kier molecular flexibility index (Phi) is 4.12. The van der Waals surface area contributed by atoms with Crippen LogP contribution in [0, 0.1) is 0 Å². The van der Waals surface area contributed by atoms with Crippen molar-refractivity contribution in [2.24, 2.45) is 0 Å². The maximum absolute atomic E-state index is 12.7. The van der Waals surface area contributed by atoms with Crippen LogP contribution in [0.1, 0.15) is 28.8 Å². The van der Waals surface area contributed by atoms with Crippen molar-refractivity contribution in [3.63, 3.8) is 0 Å². The van der Waals surface area contributed by atoms with Gasteiger partial charge in [-0.3, -0.25) is 4.79 Å². The summed E-state index contributed by atoms with van der Waals surface area (Å²) in [4.78, 5) is 29.8. The van der Waals surface area contributed by atoms with E-state index in [1.54, 1.807) is 16.9 Å². The number of carbonyl (C=O) groups excluding carboxylic acids is 1. The molecular weight excluding hydrogens is 332 g/mol. The van der Waals surface area contributed by atoms with Gasteiger partial charge in [-0.15, -0.1) is 0 Å². The first-order chi connectivity index (χ1) is 12.6. The topological polar surface area (TPSA) is 88.3 Å². The smallest absolute Gasteiger partial charge is 0.326 e. The molecule has 0 bridgehead atoms. The Hall–Kier alpha value is -3.22. The summed E-state index contributed by atoms with van der Waals surface area (Å²) in [7, 11) is 0. The summed E-state index contributed by atoms with van der Waals surface area (Å²) in [6, 6.07) is 10.9. The molecule has 0 saturated carbocycles. The number of hydrogen-bond acceptors (Lipinski definition) is 4. The third-order valence-electron chi connectivity index (χ3n) is 4.70. The number of fused-ring (bicyclic) bond motifs is 1. The molecule has 1 fully saturated rings. The van der Waals surface area contributed by atoms with Crippen LogP contribution in [-0.4, -0.2) is 49.2 Å². The number of carboxylic acid groups (broad SMARTS) is 1. The molecule has 3 heterocycles. The maximum Gasteiger partial charge on any atom is 0.326 e. The number of amides is 1. The molecule has 3 aromatic rings. The third kappa shape index (κ3) is 2.92. The molecule has 1 aliphatic heterocycles. The summed E-state index contributed by atoms with van der Waals surface area (Å²) < 4.78 is 1.79. The van der Waals surface area contributed by atoms with Gasteiger partial charge in [0.2, 0.25) is 0 Å². The largest absolute Gasteiger partial charge is 0.480 e. The molecule has 4 rings (SSSR count). The molecule has 1 atom stereocenters. The summed E-state index contributed by atoms with van der Waals surface area (Å²) in [5, 5.41) is 14.4. The van der Waals surface area contributed by atoms with Gasteiger partial charge in [-0.25, -0.2) is 14.5 Å². The number of hydrogen-bond donors (Lipinski definition) is 1. The van der Waals surface area contributed by atoms with Crippen molar-refractivity contribution >= 4 is 22.9 Å². The molecule has 0 spiro atoms. The summed E-state index contributed by atoms with van der Waals surface area (Å²) in [5.74, 6) is -1.25. The summed E-state index contributed by atoms with van der Waals surface area (Å²) in [6.07, 6.45) is 4.38. The fourth-order valence-corrected chi connectivity index (χ4v) is 3.39.